The molecule has 12 heteroatoms. The van der Waals surface area contributed by atoms with E-state index in [2.05, 4.69) is 24.6 Å². The Balaban J connectivity index is 1.83. The van der Waals surface area contributed by atoms with Gasteiger partial charge in [0.2, 0.25) is 0 Å². The topological polar surface area (TPSA) is 116 Å². The van der Waals surface area contributed by atoms with Crippen LogP contribution in [0.3, 0.4) is 0 Å². The SMILES string of the molecule is COC(=O)c1nc(Cl)ccc1S(=O)(=O)Nc1ccc(Sc2nncn2C)cc1. The molecular formula is C16H14ClN5O4S2. The van der Waals surface area contributed by atoms with Crippen LogP contribution in [0.1, 0.15) is 10.5 Å². The van der Waals surface area contributed by atoms with Gasteiger partial charge in [-0.1, -0.05) is 11.6 Å². The lowest BCUT2D eigenvalue weighted by Gasteiger charge is -2.11. The minimum atomic E-state index is -4.09. The molecule has 2 aromatic heterocycles. The van der Waals surface area contributed by atoms with Crippen molar-refractivity contribution in [2.45, 2.75) is 14.9 Å². The number of esters is 1. The van der Waals surface area contributed by atoms with Gasteiger partial charge in [-0.2, -0.15) is 0 Å². The molecule has 28 heavy (non-hydrogen) atoms. The Morgan fingerprint density at radius 3 is 2.54 bits per heavy atom. The van der Waals surface area contributed by atoms with Gasteiger partial charge in [0.25, 0.3) is 10.0 Å². The van der Waals surface area contributed by atoms with E-state index in [-0.39, 0.29) is 10.0 Å². The van der Waals surface area contributed by atoms with E-state index in [1.807, 2.05) is 7.05 Å². The van der Waals surface area contributed by atoms with Crippen molar-refractivity contribution in [1.82, 2.24) is 19.7 Å². The van der Waals surface area contributed by atoms with Crippen LogP contribution in [0.25, 0.3) is 0 Å². The van der Waals surface area contributed by atoms with Crippen molar-refractivity contribution < 1.29 is 17.9 Å². The number of nitrogens with one attached hydrogen (secondary N) is 1. The minimum absolute atomic E-state index is 0.0236. The number of nitrogens with zero attached hydrogens (tertiary/aromatic N) is 4. The number of aromatic nitrogens is 4. The van der Waals surface area contributed by atoms with Gasteiger partial charge in [0.05, 0.1) is 7.11 Å². The number of methoxy groups -OCH3 is 1. The van der Waals surface area contributed by atoms with Crippen LogP contribution in [-0.2, 0) is 21.8 Å². The third-order valence-electron chi connectivity index (χ3n) is 3.48. The molecule has 0 saturated heterocycles. The van der Waals surface area contributed by atoms with Crippen LogP contribution in [0.15, 0.2) is 57.7 Å². The lowest BCUT2D eigenvalue weighted by atomic mass is 10.3. The zero-order valence-corrected chi connectivity index (χ0v) is 17.0. The second kappa shape index (κ2) is 8.17. The maximum atomic E-state index is 12.7. The maximum Gasteiger partial charge on any atom is 0.358 e. The number of halogens is 1. The molecule has 1 N–H and O–H groups in total. The van der Waals surface area contributed by atoms with E-state index in [1.165, 1.54) is 23.9 Å². The van der Waals surface area contributed by atoms with Gasteiger partial charge >= 0.3 is 5.97 Å². The molecule has 146 valence electrons. The molecule has 0 aliphatic rings. The van der Waals surface area contributed by atoms with Gasteiger partial charge in [0, 0.05) is 17.6 Å². The number of sulfonamides is 1. The summed E-state index contributed by atoms with van der Waals surface area (Å²) in [6.07, 6.45) is 1.59. The first-order valence-corrected chi connectivity index (χ1v) is 10.4. The summed E-state index contributed by atoms with van der Waals surface area (Å²) >= 11 is 7.15. The Kier molecular flexibility index (Phi) is 5.87. The molecule has 3 rings (SSSR count). The molecule has 0 bridgehead atoms. The zero-order valence-electron chi connectivity index (χ0n) is 14.7. The summed E-state index contributed by atoms with van der Waals surface area (Å²) in [4.78, 5) is 16.1. The normalized spacial score (nSPS) is 11.2. The van der Waals surface area contributed by atoms with Crippen LogP contribution >= 0.6 is 23.4 Å². The molecule has 0 aliphatic carbocycles. The second-order valence-electron chi connectivity index (χ2n) is 5.43. The quantitative estimate of drug-likeness (QED) is 0.460. The molecule has 0 unspecified atom stereocenters. The van der Waals surface area contributed by atoms with Crippen molar-refractivity contribution in [2.75, 3.05) is 11.8 Å². The lowest BCUT2D eigenvalue weighted by Crippen LogP contribution is -2.18. The summed E-state index contributed by atoms with van der Waals surface area (Å²) in [6, 6.07) is 9.14. The van der Waals surface area contributed by atoms with Gasteiger partial charge in [-0.15, -0.1) is 10.2 Å². The molecule has 0 spiro atoms. The fourth-order valence-electron chi connectivity index (χ4n) is 2.15. The number of hydrogen-bond acceptors (Lipinski definition) is 8. The van der Waals surface area contributed by atoms with Crippen molar-refractivity contribution >= 4 is 45.0 Å². The highest BCUT2D eigenvalue weighted by atomic mass is 35.5. The molecule has 9 nitrogen and oxygen atoms in total. The van der Waals surface area contributed by atoms with E-state index in [0.29, 0.717) is 10.8 Å². The summed E-state index contributed by atoms with van der Waals surface area (Å²) in [7, 11) is -1.14. The van der Waals surface area contributed by atoms with Gasteiger partial charge in [-0.05, 0) is 48.2 Å². The highest BCUT2D eigenvalue weighted by Gasteiger charge is 2.25. The number of pyridine rings is 1. The average molecular weight is 440 g/mol. The van der Waals surface area contributed by atoms with Crippen LogP contribution in [-0.4, -0.2) is 41.2 Å². The number of aryl methyl sites for hydroxylation is 1. The van der Waals surface area contributed by atoms with Crippen molar-refractivity contribution in [1.29, 1.82) is 0 Å². The van der Waals surface area contributed by atoms with E-state index >= 15 is 0 Å². The Morgan fingerprint density at radius 2 is 1.93 bits per heavy atom. The number of benzene rings is 1. The largest absolute Gasteiger partial charge is 0.464 e. The van der Waals surface area contributed by atoms with Crippen molar-refractivity contribution in [2.24, 2.45) is 7.05 Å². The average Bonchev–Trinajstić information content (AvgIpc) is 3.06. The summed E-state index contributed by atoms with van der Waals surface area (Å²) in [5.41, 5.74) is -0.0787. The van der Waals surface area contributed by atoms with E-state index < -0.39 is 21.7 Å². The molecule has 0 fully saturated rings. The molecule has 3 aromatic rings. The number of ether oxygens (including phenoxy) is 1. The fourth-order valence-corrected chi connectivity index (χ4v) is 4.25. The molecule has 0 atom stereocenters. The highest BCUT2D eigenvalue weighted by Crippen LogP contribution is 2.27. The molecule has 0 amide bonds. The third-order valence-corrected chi connectivity index (χ3v) is 6.16. The predicted molar refractivity (Wildman–Crippen MR) is 103 cm³/mol. The van der Waals surface area contributed by atoms with Crippen LogP contribution in [0.4, 0.5) is 5.69 Å². The standard InChI is InChI=1S/C16H14ClN5O4S2/c1-22-9-18-20-16(22)27-11-5-3-10(4-6-11)21-28(24,25)12-7-8-13(17)19-14(12)15(23)26-2/h3-9,21H,1-2H3. The molecule has 2 heterocycles. The monoisotopic (exact) mass is 439 g/mol. The molecule has 0 radical (unpaired) electrons. The first kappa shape index (κ1) is 20.1. The van der Waals surface area contributed by atoms with Crippen LogP contribution in [0.5, 0.6) is 0 Å². The Labute approximate surface area is 170 Å². The highest BCUT2D eigenvalue weighted by molar-refractivity contribution is 7.99. The Bertz CT molecular complexity index is 1120. The van der Waals surface area contributed by atoms with Gasteiger partial charge in [-0.3, -0.25) is 4.72 Å². The first-order chi connectivity index (χ1) is 13.3. The van der Waals surface area contributed by atoms with Gasteiger partial charge < -0.3 is 9.30 Å². The zero-order chi connectivity index (χ0) is 20.3. The van der Waals surface area contributed by atoms with Gasteiger partial charge in [-0.25, -0.2) is 18.2 Å². The van der Waals surface area contributed by atoms with Crippen LogP contribution in [0.2, 0.25) is 5.15 Å². The summed E-state index contributed by atoms with van der Waals surface area (Å²) in [5.74, 6) is -0.904. The van der Waals surface area contributed by atoms with E-state index in [0.717, 1.165) is 12.0 Å². The number of hydrogen-bond donors (Lipinski definition) is 1. The number of carbonyl (C=O) groups is 1. The van der Waals surface area contributed by atoms with E-state index in [4.69, 9.17) is 11.6 Å². The maximum absolute atomic E-state index is 12.7. The van der Waals surface area contributed by atoms with Crippen molar-refractivity contribution in [3.05, 3.63) is 53.6 Å². The van der Waals surface area contributed by atoms with Crippen LogP contribution in [0, 0.1) is 0 Å². The van der Waals surface area contributed by atoms with Crippen molar-refractivity contribution in [3.63, 3.8) is 0 Å². The fraction of sp³-hybridized carbons (Fsp3) is 0.125. The lowest BCUT2D eigenvalue weighted by molar-refractivity contribution is 0.0589. The predicted octanol–water partition coefficient (Wildman–Crippen LogP) is 2.60. The Hall–Kier alpha value is -2.63. The summed E-state index contributed by atoms with van der Waals surface area (Å²) < 4.78 is 34.2. The third kappa shape index (κ3) is 4.43. The number of anilines is 1. The molecule has 0 saturated carbocycles. The first-order valence-electron chi connectivity index (χ1n) is 7.70. The van der Waals surface area contributed by atoms with Gasteiger partial charge in [0.15, 0.2) is 10.9 Å². The van der Waals surface area contributed by atoms with Gasteiger partial charge in [0.1, 0.15) is 16.4 Å². The molecular weight excluding hydrogens is 426 g/mol. The van der Waals surface area contributed by atoms with Crippen molar-refractivity contribution in [3.8, 4) is 0 Å². The number of carbonyl (C=O) groups excluding carboxylic acids is 1. The van der Waals surface area contributed by atoms with E-state index in [1.54, 1.807) is 35.2 Å². The Morgan fingerprint density at radius 1 is 1.21 bits per heavy atom. The van der Waals surface area contributed by atoms with Crippen LogP contribution < -0.4 is 4.72 Å². The molecule has 1 aromatic carbocycles. The smallest absolute Gasteiger partial charge is 0.358 e. The second-order valence-corrected chi connectivity index (χ2v) is 8.51. The number of rotatable bonds is 6. The van der Waals surface area contributed by atoms with E-state index in [9.17, 15) is 13.2 Å². The molecule has 0 aliphatic heterocycles. The summed E-state index contributed by atoms with van der Waals surface area (Å²) in [6.45, 7) is 0. The summed E-state index contributed by atoms with van der Waals surface area (Å²) in [5, 5.41) is 8.45. The minimum Gasteiger partial charge on any atom is -0.464 e.